The van der Waals surface area contributed by atoms with Gasteiger partial charge in [0, 0.05) is 66.1 Å². The number of aromatic nitrogens is 6. The van der Waals surface area contributed by atoms with E-state index in [1.807, 2.05) is 0 Å². The van der Waals surface area contributed by atoms with Crippen molar-refractivity contribution in [1.82, 2.24) is 28.2 Å². The molecule has 0 aliphatic carbocycles. The Morgan fingerprint density at radius 2 is 0.594 bits per heavy atom. The third kappa shape index (κ3) is 4.96. The average molecular weight is 817 g/mol. The van der Waals surface area contributed by atoms with Crippen LogP contribution in [0.1, 0.15) is 0 Å². The summed E-state index contributed by atoms with van der Waals surface area (Å²) in [6, 6.07) is 78.3. The van der Waals surface area contributed by atoms with E-state index in [9.17, 15) is 0 Å². The van der Waals surface area contributed by atoms with Gasteiger partial charge in [-0.2, -0.15) is 4.98 Å². The van der Waals surface area contributed by atoms with Gasteiger partial charge in [-0.1, -0.05) is 140 Å². The van der Waals surface area contributed by atoms with Gasteiger partial charge in [0.15, 0.2) is 0 Å². The van der Waals surface area contributed by atoms with Crippen LogP contribution < -0.4 is 0 Å². The van der Waals surface area contributed by atoms with Gasteiger partial charge in [0.1, 0.15) is 5.82 Å². The number of nitrogens with zero attached hydrogens (tertiary/aromatic N) is 6. The quantitative estimate of drug-likeness (QED) is 0.174. The number of benzene rings is 9. The van der Waals surface area contributed by atoms with E-state index < -0.39 is 0 Å². The van der Waals surface area contributed by atoms with Crippen molar-refractivity contribution < 1.29 is 0 Å². The topological polar surface area (TPSA) is 45.5 Å². The summed E-state index contributed by atoms with van der Waals surface area (Å²) in [4.78, 5) is 11.1. The Labute approximate surface area is 366 Å². The molecule has 0 saturated carbocycles. The molecule has 6 nitrogen and oxygen atoms in total. The first-order chi connectivity index (χ1) is 31.8. The minimum Gasteiger partial charge on any atom is -0.309 e. The molecule has 0 unspecified atom stereocenters. The maximum absolute atomic E-state index is 5.64. The molecule has 0 atom stereocenters. The van der Waals surface area contributed by atoms with E-state index in [2.05, 4.69) is 237 Å². The standard InChI is InChI=1S/C58H36N6/c1-4-18-37(19-5-1)48-36-57(63-51-30-16-12-26-42(51)46-32-53-44(34-55(46)63)40-24-10-14-28-49(40)61(53)38-20-6-2-7-21-38)60-58(59-48)64-52-31-17-13-27-43(52)47-33-54-45(35-56(47)64)41-25-11-15-29-50(41)62(54)39-22-8-3-9-23-39/h1-36H. The van der Waals surface area contributed by atoms with Gasteiger partial charge >= 0.3 is 0 Å². The van der Waals surface area contributed by atoms with Gasteiger partial charge in [-0.25, -0.2) is 4.98 Å². The Morgan fingerprint density at radius 1 is 0.250 bits per heavy atom. The molecule has 64 heavy (non-hydrogen) atoms. The summed E-state index contributed by atoms with van der Waals surface area (Å²) in [5, 5.41) is 9.40. The summed E-state index contributed by atoms with van der Waals surface area (Å²) in [7, 11) is 0. The van der Waals surface area contributed by atoms with E-state index in [1.165, 1.54) is 48.9 Å². The van der Waals surface area contributed by atoms with Crippen LogP contribution in [0.25, 0.3) is 122 Å². The molecule has 0 aliphatic heterocycles. The summed E-state index contributed by atoms with van der Waals surface area (Å²) in [5.74, 6) is 1.41. The van der Waals surface area contributed by atoms with Crippen LogP contribution in [0.15, 0.2) is 218 Å². The Hall–Kier alpha value is -8.74. The summed E-state index contributed by atoms with van der Waals surface area (Å²) in [5.41, 5.74) is 13.1. The van der Waals surface area contributed by atoms with Crippen LogP contribution in [0.4, 0.5) is 0 Å². The molecule has 14 rings (SSSR count). The van der Waals surface area contributed by atoms with Gasteiger partial charge in [-0.3, -0.25) is 9.13 Å². The second-order valence-corrected chi connectivity index (χ2v) is 16.6. The van der Waals surface area contributed by atoms with Crippen LogP contribution in [-0.4, -0.2) is 28.2 Å². The van der Waals surface area contributed by atoms with Crippen molar-refractivity contribution in [2.45, 2.75) is 0 Å². The van der Waals surface area contributed by atoms with E-state index in [-0.39, 0.29) is 0 Å². The molecule has 9 aromatic carbocycles. The summed E-state index contributed by atoms with van der Waals surface area (Å²) < 4.78 is 9.39. The monoisotopic (exact) mass is 816 g/mol. The Balaban J connectivity index is 1.09. The SMILES string of the molecule is c1ccc(-c2cc(-n3c4ccccc4c4cc5c(cc43)c3ccccc3n5-c3ccccc3)nc(-n3c4ccccc4c4cc5c(cc43)c3ccccc3n5-c3ccccc3)n2)cc1. The van der Waals surface area contributed by atoms with Gasteiger partial charge in [-0.05, 0) is 72.8 Å². The van der Waals surface area contributed by atoms with Crippen LogP contribution in [0, 0.1) is 0 Å². The van der Waals surface area contributed by atoms with Crippen molar-refractivity contribution in [3.8, 4) is 34.4 Å². The van der Waals surface area contributed by atoms with Gasteiger partial charge in [-0.15, -0.1) is 0 Å². The lowest BCUT2D eigenvalue weighted by Crippen LogP contribution is -2.07. The Bertz CT molecular complexity index is 3920. The predicted octanol–water partition coefficient (Wildman–Crippen LogP) is 14.5. The number of hydrogen-bond acceptors (Lipinski definition) is 2. The lowest BCUT2D eigenvalue weighted by Gasteiger charge is -2.14. The van der Waals surface area contributed by atoms with Crippen LogP contribution in [0.2, 0.25) is 0 Å². The van der Waals surface area contributed by atoms with E-state index in [0.717, 1.165) is 66.8 Å². The Kier molecular flexibility index (Phi) is 7.30. The smallest absolute Gasteiger partial charge is 0.237 e. The lowest BCUT2D eigenvalue weighted by atomic mass is 10.1. The molecule has 6 heteroatoms. The number of para-hydroxylation sites is 6. The molecule has 0 radical (unpaired) electrons. The van der Waals surface area contributed by atoms with Gasteiger partial charge < -0.3 is 9.13 Å². The fraction of sp³-hybridized carbons (Fsp3) is 0. The van der Waals surface area contributed by atoms with E-state index in [4.69, 9.17) is 9.97 Å². The number of fused-ring (bicyclic) bond motifs is 12. The highest BCUT2D eigenvalue weighted by atomic mass is 15.2. The normalized spacial score (nSPS) is 12.1. The molecular formula is C58H36N6. The largest absolute Gasteiger partial charge is 0.309 e. The first kappa shape index (κ1) is 34.9. The van der Waals surface area contributed by atoms with Gasteiger partial charge in [0.25, 0.3) is 0 Å². The highest BCUT2D eigenvalue weighted by Crippen LogP contribution is 2.42. The third-order valence-corrected chi connectivity index (χ3v) is 13.2. The molecule has 0 amide bonds. The molecular weight excluding hydrogens is 781 g/mol. The minimum atomic E-state index is 0.612. The van der Waals surface area contributed by atoms with Crippen molar-refractivity contribution in [3.05, 3.63) is 218 Å². The summed E-state index contributed by atoms with van der Waals surface area (Å²) in [6.45, 7) is 0. The minimum absolute atomic E-state index is 0.612. The third-order valence-electron chi connectivity index (χ3n) is 13.2. The van der Waals surface area contributed by atoms with Crippen LogP contribution in [0.3, 0.4) is 0 Å². The van der Waals surface area contributed by atoms with E-state index in [1.54, 1.807) is 0 Å². The average Bonchev–Trinajstić information content (AvgIpc) is 4.08. The molecule has 0 bridgehead atoms. The van der Waals surface area contributed by atoms with Crippen molar-refractivity contribution in [1.29, 1.82) is 0 Å². The van der Waals surface area contributed by atoms with Crippen molar-refractivity contribution >= 4 is 87.2 Å². The fourth-order valence-electron chi connectivity index (χ4n) is 10.4. The molecule has 0 fully saturated rings. The highest BCUT2D eigenvalue weighted by molar-refractivity contribution is 6.20. The first-order valence-electron chi connectivity index (χ1n) is 21.8. The van der Waals surface area contributed by atoms with E-state index >= 15 is 0 Å². The molecule has 0 aliphatic rings. The molecule has 14 aromatic rings. The molecule has 5 heterocycles. The molecule has 0 N–H and O–H groups in total. The summed E-state index contributed by atoms with van der Waals surface area (Å²) in [6.07, 6.45) is 0. The van der Waals surface area contributed by atoms with Gasteiger partial charge in [0.05, 0.1) is 49.8 Å². The van der Waals surface area contributed by atoms with Crippen molar-refractivity contribution in [2.24, 2.45) is 0 Å². The van der Waals surface area contributed by atoms with Crippen LogP contribution in [0.5, 0.6) is 0 Å². The Morgan fingerprint density at radius 3 is 1.05 bits per heavy atom. The second kappa shape index (κ2) is 13.4. The molecule has 5 aromatic heterocycles. The predicted molar refractivity (Wildman–Crippen MR) is 265 cm³/mol. The van der Waals surface area contributed by atoms with Gasteiger partial charge in [0.2, 0.25) is 5.95 Å². The first-order valence-corrected chi connectivity index (χ1v) is 21.8. The zero-order valence-electron chi connectivity index (χ0n) is 34.5. The molecule has 0 saturated heterocycles. The lowest BCUT2D eigenvalue weighted by molar-refractivity contribution is 0.952. The van der Waals surface area contributed by atoms with Crippen molar-refractivity contribution in [3.63, 3.8) is 0 Å². The maximum Gasteiger partial charge on any atom is 0.237 e. The maximum atomic E-state index is 5.64. The number of rotatable bonds is 5. The molecule has 0 spiro atoms. The number of hydrogen-bond donors (Lipinski definition) is 0. The zero-order valence-corrected chi connectivity index (χ0v) is 34.5. The van der Waals surface area contributed by atoms with E-state index in [0.29, 0.717) is 5.95 Å². The molecule has 298 valence electrons. The van der Waals surface area contributed by atoms with Crippen LogP contribution >= 0.6 is 0 Å². The second-order valence-electron chi connectivity index (χ2n) is 16.6. The summed E-state index contributed by atoms with van der Waals surface area (Å²) >= 11 is 0. The fourth-order valence-corrected chi connectivity index (χ4v) is 10.4. The van der Waals surface area contributed by atoms with Crippen molar-refractivity contribution in [2.75, 3.05) is 0 Å². The highest BCUT2D eigenvalue weighted by Gasteiger charge is 2.23. The zero-order chi connectivity index (χ0) is 41.9. The van der Waals surface area contributed by atoms with Crippen LogP contribution in [-0.2, 0) is 0 Å².